The number of hydrogen-bond acceptors (Lipinski definition) is 2. The van der Waals surface area contributed by atoms with Crippen molar-refractivity contribution < 1.29 is 9.53 Å². The van der Waals surface area contributed by atoms with Crippen molar-refractivity contribution >= 4 is 21.7 Å². The normalized spacial score (nSPS) is 15.9. The maximum atomic E-state index is 12.2. The lowest BCUT2D eigenvalue weighted by molar-refractivity contribution is 0.0973. The first-order valence-electron chi connectivity index (χ1n) is 6.57. The first kappa shape index (κ1) is 13.6. The summed E-state index contributed by atoms with van der Waals surface area (Å²) in [4.78, 5) is 12.2. The third-order valence-corrected chi connectivity index (χ3v) is 4.39. The van der Waals surface area contributed by atoms with Crippen LogP contribution >= 0.6 is 15.9 Å². The molecule has 1 saturated carbocycles. The third kappa shape index (κ3) is 3.35. The van der Waals surface area contributed by atoms with Crippen LogP contribution < -0.4 is 4.74 Å². The second kappa shape index (κ2) is 6.37. The number of Topliss-reactive ketones (excluding diaryl/α,β-unsaturated/α-hetero) is 1. The summed E-state index contributed by atoms with van der Waals surface area (Å²) < 4.78 is 5.96. The Balaban J connectivity index is 1.95. The fourth-order valence-electron chi connectivity index (χ4n) is 2.62. The minimum atomic E-state index is 0.233. The Morgan fingerprint density at radius 1 is 1.39 bits per heavy atom. The minimum absolute atomic E-state index is 0.233. The van der Waals surface area contributed by atoms with E-state index >= 15 is 0 Å². The maximum Gasteiger partial charge on any atom is 0.164 e. The average Bonchev–Trinajstić information content (AvgIpc) is 2.88. The number of rotatable bonds is 5. The van der Waals surface area contributed by atoms with Gasteiger partial charge < -0.3 is 4.74 Å². The summed E-state index contributed by atoms with van der Waals surface area (Å²) in [5, 5.41) is 0. The Kier molecular flexibility index (Phi) is 4.81. The van der Waals surface area contributed by atoms with Crippen molar-refractivity contribution in [3.05, 3.63) is 28.2 Å². The molecule has 18 heavy (non-hydrogen) atoms. The van der Waals surface area contributed by atoms with Crippen molar-refractivity contribution in [2.24, 2.45) is 5.92 Å². The summed E-state index contributed by atoms with van der Waals surface area (Å²) >= 11 is 3.44. The van der Waals surface area contributed by atoms with Gasteiger partial charge in [0.2, 0.25) is 0 Å². The molecule has 0 amide bonds. The van der Waals surface area contributed by atoms with E-state index < -0.39 is 0 Å². The van der Waals surface area contributed by atoms with Gasteiger partial charge in [0, 0.05) is 16.5 Å². The van der Waals surface area contributed by atoms with Gasteiger partial charge in [0.1, 0.15) is 5.75 Å². The molecule has 0 aliphatic heterocycles. The summed E-state index contributed by atoms with van der Waals surface area (Å²) in [7, 11) is 1.63. The molecule has 1 fully saturated rings. The molecule has 0 aromatic heterocycles. The van der Waals surface area contributed by atoms with Crippen LogP contribution in [0.15, 0.2) is 22.7 Å². The van der Waals surface area contributed by atoms with Crippen LogP contribution in [0.3, 0.4) is 0 Å². The van der Waals surface area contributed by atoms with Crippen LogP contribution in [0.5, 0.6) is 5.75 Å². The van der Waals surface area contributed by atoms with Crippen LogP contribution in [-0.2, 0) is 0 Å². The van der Waals surface area contributed by atoms with Crippen molar-refractivity contribution in [3.8, 4) is 5.75 Å². The van der Waals surface area contributed by atoms with Gasteiger partial charge in [-0.3, -0.25) is 4.79 Å². The van der Waals surface area contributed by atoms with Crippen LogP contribution in [-0.4, -0.2) is 12.9 Å². The molecule has 0 radical (unpaired) electrons. The SMILES string of the molecule is COc1ccc(C(=O)CCC2CCCC2)c(Br)c1. The van der Waals surface area contributed by atoms with E-state index in [0.717, 1.165) is 28.1 Å². The van der Waals surface area contributed by atoms with Crippen molar-refractivity contribution in [2.45, 2.75) is 38.5 Å². The fraction of sp³-hybridized carbons (Fsp3) is 0.533. The summed E-state index contributed by atoms with van der Waals surface area (Å²) in [6.45, 7) is 0. The number of methoxy groups -OCH3 is 1. The maximum absolute atomic E-state index is 12.2. The second-order valence-corrected chi connectivity index (χ2v) is 5.81. The summed E-state index contributed by atoms with van der Waals surface area (Å²) in [5.41, 5.74) is 0.772. The monoisotopic (exact) mass is 310 g/mol. The van der Waals surface area contributed by atoms with Crippen molar-refractivity contribution in [2.75, 3.05) is 7.11 Å². The molecular weight excluding hydrogens is 292 g/mol. The highest BCUT2D eigenvalue weighted by Crippen LogP contribution is 2.30. The Hall–Kier alpha value is -0.830. The van der Waals surface area contributed by atoms with Gasteiger partial charge in [0.25, 0.3) is 0 Å². The lowest BCUT2D eigenvalue weighted by Crippen LogP contribution is -2.04. The molecule has 0 bridgehead atoms. The molecule has 0 N–H and O–H groups in total. The zero-order chi connectivity index (χ0) is 13.0. The topological polar surface area (TPSA) is 26.3 Å². The van der Waals surface area contributed by atoms with E-state index in [9.17, 15) is 4.79 Å². The zero-order valence-corrected chi connectivity index (χ0v) is 12.3. The van der Waals surface area contributed by atoms with E-state index in [0.29, 0.717) is 6.42 Å². The summed E-state index contributed by atoms with van der Waals surface area (Å²) in [6, 6.07) is 5.54. The Bertz CT molecular complexity index is 423. The van der Waals surface area contributed by atoms with Crippen LogP contribution in [0.2, 0.25) is 0 Å². The Morgan fingerprint density at radius 3 is 2.72 bits per heavy atom. The Labute approximate surface area is 117 Å². The molecule has 1 aromatic carbocycles. The number of ether oxygens (including phenoxy) is 1. The molecule has 0 heterocycles. The van der Waals surface area contributed by atoms with E-state index in [1.807, 2.05) is 18.2 Å². The number of halogens is 1. The number of hydrogen-bond donors (Lipinski definition) is 0. The molecule has 0 unspecified atom stereocenters. The van der Waals surface area contributed by atoms with E-state index in [4.69, 9.17) is 4.74 Å². The van der Waals surface area contributed by atoms with E-state index in [-0.39, 0.29) is 5.78 Å². The lowest BCUT2D eigenvalue weighted by Gasteiger charge is -2.09. The first-order chi connectivity index (χ1) is 8.70. The van der Waals surface area contributed by atoms with Gasteiger partial charge >= 0.3 is 0 Å². The molecule has 0 saturated heterocycles. The van der Waals surface area contributed by atoms with Gasteiger partial charge in [-0.05, 0) is 46.5 Å². The molecule has 3 heteroatoms. The van der Waals surface area contributed by atoms with E-state index in [2.05, 4.69) is 15.9 Å². The van der Waals surface area contributed by atoms with Crippen LogP contribution in [0, 0.1) is 5.92 Å². The van der Waals surface area contributed by atoms with Gasteiger partial charge in [0.15, 0.2) is 5.78 Å². The van der Waals surface area contributed by atoms with Crippen LogP contribution in [0.1, 0.15) is 48.9 Å². The minimum Gasteiger partial charge on any atom is -0.497 e. The molecule has 98 valence electrons. The number of carbonyl (C=O) groups is 1. The highest BCUT2D eigenvalue weighted by Gasteiger charge is 2.17. The molecule has 2 nitrogen and oxygen atoms in total. The van der Waals surface area contributed by atoms with E-state index in [1.54, 1.807) is 7.11 Å². The highest BCUT2D eigenvalue weighted by molar-refractivity contribution is 9.10. The van der Waals surface area contributed by atoms with Gasteiger partial charge in [0.05, 0.1) is 7.11 Å². The lowest BCUT2D eigenvalue weighted by atomic mass is 9.97. The van der Waals surface area contributed by atoms with Crippen molar-refractivity contribution in [3.63, 3.8) is 0 Å². The van der Waals surface area contributed by atoms with Gasteiger partial charge in [-0.1, -0.05) is 25.7 Å². The smallest absolute Gasteiger partial charge is 0.164 e. The molecular formula is C15H19BrO2. The molecule has 2 rings (SSSR count). The quantitative estimate of drug-likeness (QED) is 0.742. The van der Waals surface area contributed by atoms with Crippen molar-refractivity contribution in [1.82, 2.24) is 0 Å². The molecule has 1 aliphatic rings. The predicted octanol–water partition coefficient (Wildman–Crippen LogP) is 4.61. The highest BCUT2D eigenvalue weighted by atomic mass is 79.9. The molecule has 0 atom stereocenters. The summed E-state index contributed by atoms with van der Waals surface area (Å²) in [6.07, 6.45) is 6.98. The first-order valence-corrected chi connectivity index (χ1v) is 7.36. The molecule has 1 aliphatic carbocycles. The second-order valence-electron chi connectivity index (χ2n) is 4.96. The Morgan fingerprint density at radius 2 is 2.11 bits per heavy atom. The molecule has 1 aromatic rings. The van der Waals surface area contributed by atoms with Gasteiger partial charge in [-0.2, -0.15) is 0 Å². The van der Waals surface area contributed by atoms with Crippen LogP contribution in [0.25, 0.3) is 0 Å². The average molecular weight is 311 g/mol. The van der Waals surface area contributed by atoms with Crippen LogP contribution in [0.4, 0.5) is 0 Å². The summed E-state index contributed by atoms with van der Waals surface area (Å²) in [5.74, 6) is 1.77. The van der Waals surface area contributed by atoms with E-state index in [1.165, 1.54) is 25.7 Å². The zero-order valence-electron chi connectivity index (χ0n) is 10.7. The largest absolute Gasteiger partial charge is 0.497 e. The standard InChI is InChI=1S/C15H19BrO2/c1-18-12-7-8-13(14(16)10-12)15(17)9-6-11-4-2-3-5-11/h7-8,10-11H,2-6,9H2,1H3. The fourth-order valence-corrected chi connectivity index (χ4v) is 3.20. The molecule has 0 spiro atoms. The van der Waals surface area contributed by atoms with Crippen molar-refractivity contribution in [1.29, 1.82) is 0 Å². The number of carbonyl (C=O) groups excluding carboxylic acids is 1. The number of benzene rings is 1. The predicted molar refractivity (Wildman–Crippen MR) is 76.2 cm³/mol. The van der Waals surface area contributed by atoms with Gasteiger partial charge in [-0.25, -0.2) is 0 Å². The number of ketones is 1. The third-order valence-electron chi connectivity index (χ3n) is 3.73. The van der Waals surface area contributed by atoms with Gasteiger partial charge in [-0.15, -0.1) is 0 Å².